The lowest BCUT2D eigenvalue weighted by atomic mass is 9.93. The molecule has 1 atom stereocenters. The van der Waals surface area contributed by atoms with Crippen LogP contribution in [-0.2, 0) is 0 Å². The highest BCUT2D eigenvalue weighted by Gasteiger charge is 2.15. The third-order valence-electron chi connectivity index (χ3n) is 4.33. The van der Waals surface area contributed by atoms with Gasteiger partial charge in [0, 0.05) is 12.2 Å². The van der Waals surface area contributed by atoms with Crippen LogP contribution in [0.4, 0.5) is 5.69 Å². The molecular weight excluding hydrogens is 288 g/mol. The first-order valence-electron chi connectivity index (χ1n) is 8.41. The van der Waals surface area contributed by atoms with Crippen molar-refractivity contribution in [2.24, 2.45) is 11.8 Å². The fourth-order valence-corrected chi connectivity index (χ4v) is 2.53. The molecule has 1 rings (SSSR count). The van der Waals surface area contributed by atoms with Crippen LogP contribution in [0.15, 0.2) is 18.2 Å². The SMILES string of the molecule is CC(C)c1cccc(C(C)C)c1NC(=S)NCC(C)C(C)C. The van der Waals surface area contributed by atoms with Crippen LogP contribution in [0.3, 0.4) is 0 Å². The summed E-state index contributed by atoms with van der Waals surface area (Å²) in [5.41, 5.74) is 3.83. The average molecular weight is 321 g/mol. The minimum atomic E-state index is 0.471. The second kappa shape index (κ2) is 8.52. The van der Waals surface area contributed by atoms with E-state index < -0.39 is 0 Å². The summed E-state index contributed by atoms with van der Waals surface area (Å²) in [4.78, 5) is 0. The van der Waals surface area contributed by atoms with Gasteiger partial charge in [-0.1, -0.05) is 66.7 Å². The summed E-state index contributed by atoms with van der Waals surface area (Å²) in [6.07, 6.45) is 0. The van der Waals surface area contributed by atoms with E-state index in [1.54, 1.807) is 0 Å². The topological polar surface area (TPSA) is 24.1 Å². The predicted octanol–water partition coefficient (Wildman–Crippen LogP) is 5.51. The summed E-state index contributed by atoms with van der Waals surface area (Å²) in [7, 11) is 0. The van der Waals surface area contributed by atoms with Gasteiger partial charge in [0.1, 0.15) is 0 Å². The van der Waals surface area contributed by atoms with Gasteiger partial charge in [-0.15, -0.1) is 0 Å². The molecule has 0 radical (unpaired) electrons. The van der Waals surface area contributed by atoms with Gasteiger partial charge in [-0.3, -0.25) is 0 Å². The van der Waals surface area contributed by atoms with Gasteiger partial charge in [-0.25, -0.2) is 0 Å². The van der Waals surface area contributed by atoms with E-state index in [9.17, 15) is 0 Å². The molecule has 0 saturated carbocycles. The Morgan fingerprint density at radius 2 is 1.45 bits per heavy atom. The molecule has 0 saturated heterocycles. The molecule has 22 heavy (non-hydrogen) atoms. The Bertz CT molecular complexity index is 466. The van der Waals surface area contributed by atoms with Crippen molar-refractivity contribution in [3.8, 4) is 0 Å². The third kappa shape index (κ3) is 5.28. The lowest BCUT2D eigenvalue weighted by Crippen LogP contribution is -2.34. The molecule has 0 aliphatic heterocycles. The highest BCUT2D eigenvalue weighted by atomic mass is 32.1. The Kier molecular flexibility index (Phi) is 7.34. The molecule has 124 valence electrons. The molecule has 1 unspecified atom stereocenters. The standard InChI is InChI=1S/C19H32N2S/c1-12(2)15(7)11-20-19(22)21-18-16(13(3)4)9-8-10-17(18)14(5)6/h8-10,12-15H,11H2,1-7H3,(H2,20,21,22). The fourth-order valence-electron chi connectivity index (χ4n) is 2.34. The van der Waals surface area contributed by atoms with E-state index in [1.165, 1.54) is 16.8 Å². The van der Waals surface area contributed by atoms with Gasteiger partial charge in [-0.05, 0) is 47.0 Å². The van der Waals surface area contributed by atoms with Gasteiger partial charge in [-0.2, -0.15) is 0 Å². The second-order valence-corrected chi connectivity index (χ2v) is 7.59. The number of hydrogen-bond acceptors (Lipinski definition) is 1. The lowest BCUT2D eigenvalue weighted by Gasteiger charge is -2.23. The van der Waals surface area contributed by atoms with Crippen molar-refractivity contribution in [1.82, 2.24) is 5.32 Å². The first-order valence-corrected chi connectivity index (χ1v) is 8.82. The van der Waals surface area contributed by atoms with Gasteiger partial charge in [0.25, 0.3) is 0 Å². The van der Waals surface area contributed by atoms with Crippen LogP contribution < -0.4 is 10.6 Å². The maximum Gasteiger partial charge on any atom is 0.170 e. The summed E-state index contributed by atoms with van der Waals surface area (Å²) in [6.45, 7) is 16.5. The van der Waals surface area contributed by atoms with Crippen molar-refractivity contribution < 1.29 is 0 Å². The number of nitrogens with one attached hydrogen (secondary N) is 2. The number of anilines is 1. The van der Waals surface area contributed by atoms with E-state index in [1.807, 2.05) is 0 Å². The number of rotatable bonds is 6. The quantitative estimate of drug-likeness (QED) is 0.676. The van der Waals surface area contributed by atoms with Crippen molar-refractivity contribution >= 4 is 23.0 Å². The minimum Gasteiger partial charge on any atom is -0.362 e. The van der Waals surface area contributed by atoms with Crippen molar-refractivity contribution in [1.29, 1.82) is 0 Å². The van der Waals surface area contributed by atoms with Crippen LogP contribution in [0, 0.1) is 11.8 Å². The van der Waals surface area contributed by atoms with Crippen LogP contribution in [-0.4, -0.2) is 11.7 Å². The van der Waals surface area contributed by atoms with Gasteiger partial charge < -0.3 is 10.6 Å². The normalized spacial score (nSPS) is 12.8. The van der Waals surface area contributed by atoms with Crippen LogP contribution in [0.1, 0.15) is 71.4 Å². The zero-order valence-electron chi connectivity index (χ0n) is 15.2. The fraction of sp³-hybridized carbons (Fsp3) is 0.632. The summed E-state index contributed by atoms with van der Waals surface area (Å²) in [5, 5.41) is 7.55. The van der Waals surface area contributed by atoms with E-state index in [-0.39, 0.29) is 0 Å². The van der Waals surface area contributed by atoms with E-state index in [0.29, 0.717) is 23.7 Å². The third-order valence-corrected chi connectivity index (χ3v) is 4.58. The Balaban J connectivity index is 2.89. The number of thiocarbonyl (C=S) groups is 1. The highest BCUT2D eigenvalue weighted by molar-refractivity contribution is 7.80. The molecule has 0 heterocycles. The van der Waals surface area contributed by atoms with E-state index in [0.717, 1.165) is 11.7 Å². The van der Waals surface area contributed by atoms with Crippen LogP contribution >= 0.6 is 12.2 Å². The zero-order chi connectivity index (χ0) is 16.9. The minimum absolute atomic E-state index is 0.471. The molecule has 0 aliphatic rings. The molecule has 0 amide bonds. The second-order valence-electron chi connectivity index (χ2n) is 7.18. The average Bonchev–Trinajstić information content (AvgIpc) is 2.44. The molecule has 2 N–H and O–H groups in total. The van der Waals surface area contributed by atoms with Crippen LogP contribution in [0.25, 0.3) is 0 Å². The van der Waals surface area contributed by atoms with Crippen LogP contribution in [0.5, 0.6) is 0 Å². The molecular formula is C19H32N2S. The van der Waals surface area contributed by atoms with E-state index in [2.05, 4.69) is 77.3 Å². The van der Waals surface area contributed by atoms with E-state index >= 15 is 0 Å². The Hall–Kier alpha value is -1.09. The molecule has 0 aromatic heterocycles. The van der Waals surface area contributed by atoms with Crippen molar-refractivity contribution in [3.05, 3.63) is 29.3 Å². The Labute approximate surface area is 142 Å². The molecule has 0 bridgehead atoms. The van der Waals surface area contributed by atoms with Gasteiger partial charge >= 0.3 is 0 Å². The molecule has 0 fully saturated rings. The maximum absolute atomic E-state index is 5.51. The monoisotopic (exact) mass is 320 g/mol. The Morgan fingerprint density at radius 1 is 0.955 bits per heavy atom. The summed E-state index contributed by atoms with van der Waals surface area (Å²) in [5.74, 6) is 2.20. The first kappa shape index (κ1) is 19.0. The van der Waals surface area contributed by atoms with Crippen molar-refractivity contribution in [2.75, 3.05) is 11.9 Å². The zero-order valence-corrected chi connectivity index (χ0v) is 16.0. The van der Waals surface area contributed by atoms with Crippen molar-refractivity contribution in [2.45, 2.75) is 60.3 Å². The molecule has 0 aliphatic carbocycles. The molecule has 3 heteroatoms. The van der Waals surface area contributed by atoms with Crippen molar-refractivity contribution in [3.63, 3.8) is 0 Å². The summed E-state index contributed by atoms with van der Waals surface area (Å²) in [6, 6.07) is 6.53. The molecule has 0 spiro atoms. The predicted molar refractivity (Wildman–Crippen MR) is 103 cm³/mol. The smallest absolute Gasteiger partial charge is 0.170 e. The Morgan fingerprint density at radius 3 is 1.86 bits per heavy atom. The summed E-state index contributed by atoms with van der Waals surface area (Å²) >= 11 is 5.51. The molecule has 2 nitrogen and oxygen atoms in total. The lowest BCUT2D eigenvalue weighted by molar-refractivity contribution is 0.416. The largest absolute Gasteiger partial charge is 0.362 e. The number of benzene rings is 1. The van der Waals surface area contributed by atoms with Crippen LogP contribution in [0.2, 0.25) is 0 Å². The molecule has 1 aromatic carbocycles. The number of hydrogen-bond donors (Lipinski definition) is 2. The number of para-hydroxylation sites is 1. The van der Waals surface area contributed by atoms with Gasteiger partial charge in [0.15, 0.2) is 5.11 Å². The first-order chi connectivity index (χ1) is 10.2. The highest BCUT2D eigenvalue weighted by Crippen LogP contribution is 2.32. The van der Waals surface area contributed by atoms with E-state index in [4.69, 9.17) is 12.2 Å². The van der Waals surface area contributed by atoms with Gasteiger partial charge in [0.05, 0.1) is 0 Å². The summed E-state index contributed by atoms with van der Waals surface area (Å²) < 4.78 is 0. The molecule has 1 aromatic rings. The van der Waals surface area contributed by atoms with Gasteiger partial charge in [0.2, 0.25) is 0 Å². The maximum atomic E-state index is 5.51.